The van der Waals surface area contributed by atoms with Gasteiger partial charge in [0.05, 0.1) is 0 Å². The second kappa shape index (κ2) is 7.74. The third kappa shape index (κ3) is 4.87. The van der Waals surface area contributed by atoms with Crippen LogP contribution in [0.4, 0.5) is 5.82 Å². The maximum absolute atomic E-state index is 12.3. The highest BCUT2D eigenvalue weighted by Gasteiger charge is 2.15. The molecular formula is C14H24N4O. The molecule has 0 fully saturated rings. The number of carbonyl (C=O) groups is 1. The lowest BCUT2D eigenvalue weighted by Crippen LogP contribution is -2.33. The van der Waals surface area contributed by atoms with Gasteiger partial charge in [-0.1, -0.05) is 6.07 Å². The minimum atomic E-state index is -0.00152. The largest absolute Gasteiger partial charge is 0.373 e. The van der Waals surface area contributed by atoms with Gasteiger partial charge in [0.2, 0.25) is 0 Å². The normalized spacial score (nSPS) is 10.6. The first-order chi connectivity index (χ1) is 9.08. The number of amides is 1. The molecular weight excluding hydrogens is 240 g/mol. The summed E-state index contributed by atoms with van der Waals surface area (Å²) in [6.45, 7) is 4.44. The summed E-state index contributed by atoms with van der Waals surface area (Å²) in [6, 6.07) is 5.45. The molecule has 0 radical (unpaired) electrons. The molecule has 0 saturated carbocycles. The summed E-state index contributed by atoms with van der Waals surface area (Å²) >= 11 is 0. The quantitative estimate of drug-likeness (QED) is 0.811. The summed E-state index contributed by atoms with van der Waals surface area (Å²) in [7, 11) is 5.87. The lowest BCUT2D eigenvalue weighted by molar-refractivity contribution is 0.0753. The summed E-state index contributed by atoms with van der Waals surface area (Å²) in [5, 5.41) is 2.95. The van der Waals surface area contributed by atoms with E-state index in [4.69, 9.17) is 0 Å². The van der Waals surface area contributed by atoms with Gasteiger partial charge in [-0.25, -0.2) is 4.98 Å². The average molecular weight is 264 g/mol. The van der Waals surface area contributed by atoms with Gasteiger partial charge in [-0.2, -0.15) is 0 Å². The molecule has 1 aromatic heterocycles. The van der Waals surface area contributed by atoms with E-state index in [-0.39, 0.29) is 5.91 Å². The zero-order valence-electron chi connectivity index (χ0n) is 12.3. The number of nitrogens with one attached hydrogen (secondary N) is 1. The van der Waals surface area contributed by atoms with E-state index >= 15 is 0 Å². The van der Waals surface area contributed by atoms with E-state index in [0.29, 0.717) is 12.2 Å². The maximum Gasteiger partial charge on any atom is 0.272 e. The average Bonchev–Trinajstić information content (AvgIpc) is 2.42. The molecule has 1 amide bonds. The van der Waals surface area contributed by atoms with Crippen LogP contribution in [-0.2, 0) is 0 Å². The first-order valence-electron chi connectivity index (χ1n) is 6.67. The van der Waals surface area contributed by atoms with Crippen LogP contribution in [0.2, 0.25) is 0 Å². The van der Waals surface area contributed by atoms with Crippen LogP contribution in [0.3, 0.4) is 0 Å². The molecule has 0 spiro atoms. The van der Waals surface area contributed by atoms with Gasteiger partial charge < -0.3 is 15.1 Å². The summed E-state index contributed by atoms with van der Waals surface area (Å²) in [6.07, 6.45) is 0.971. The molecule has 0 bridgehead atoms. The molecule has 19 heavy (non-hydrogen) atoms. The van der Waals surface area contributed by atoms with Crippen molar-refractivity contribution in [2.75, 3.05) is 46.1 Å². The number of aromatic nitrogens is 1. The van der Waals surface area contributed by atoms with Crippen molar-refractivity contribution in [3.8, 4) is 0 Å². The van der Waals surface area contributed by atoms with E-state index in [0.717, 1.165) is 25.3 Å². The number of hydrogen-bond acceptors (Lipinski definition) is 4. The van der Waals surface area contributed by atoms with Crippen LogP contribution in [0.5, 0.6) is 0 Å². The Morgan fingerprint density at radius 3 is 2.63 bits per heavy atom. The Kier molecular flexibility index (Phi) is 6.29. The van der Waals surface area contributed by atoms with E-state index in [1.807, 2.05) is 38.1 Å². The number of pyridine rings is 1. The highest BCUT2D eigenvalue weighted by molar-refractivity contribution is 5.92. The van der Waals surface area contributed by atoms with Crippen LogP contribution in [-0.4, -0.2) is 61.5 Å². The Balaban J connectivity index is 2.66. The highest BCUT2D eigenvalue weighted by Crippen LogP contribution is 2.07. The first kappa shape index (κ1) is 15.4. The van der Waals surface area contributed by atoms with E-state index in [1.54, 1.807) is 13.1 Å². The lowest BCUT2D eigenvalue weighted by atomic mass is 10.2. The van der Waals surface area contributed by atoms with Crippen molar-refractivity contribution >= 4 is 11.7 Å². The maximum atomic E-state index is 12.3. The Bertz CT molecular complexity index is 406. The minimum Gasteiger partial charge on any atom is -0.373 e. The number of hydrogen-bond donors (Lipinski definition) is 1. The third-order valence-electron chi connectivity index (χ3n) is 2.93. The molecule has 1 rings (SSSR count). The van der Waals surface area contributed by atoms with E-state index in [2.05, 4.69) is 15.2 Å². The van der Waals surface area contributed by atoms with Crippen molar-refractivity contribution in [2.45, 2.75) is 13.3 Å². The van der Waals surface area contributed by atoms with Gasteiger partial charge in [0.1, 0.15) is 11.5 Å². The zero-order valence-corrected chi connectivity index (χ0v) is 12.3. The van der Waals surface area contributed by atoms with Crippen LogP contribution < -0.4 is 5.32 Å². The minimum absolute atomic E-state index is 0.00152. The van der Waals surface area contributed by atoms with Gasteiger partial charge in [-0.3, -0.25) is 4.79 Å². The predicted octanol–water partition coefficient (Wildman–Crippen LogP) is 1.54. The summed E-state index contributed by atoms with van der Waals surface area (Å²) in [4.78, 5) is 20.6. The molecule has 1 aromatic rings. The van der Waals surface area contributed by atoms with Crippen LogP contribution in [0, 0.1) is 0 Å². The third-order valence-corrected chi connectivity index (χ3v) is 2.93. The fourth-order valence-electron chi connectivity index (χ4n) is 1.84. The highest BCUT2D eigenvalue weighted by atomic mass is 16.2. The predicted molar refractivity (Wildman–Crippen MR) is 78.5 cm³/mol. The molecule has 0 saturated heterocycles. The number of carbonyl (C=O) groups excluding carboxylic acids is 1. The lowest BCUT2D eigenvalue weighted by Gasteiger charge is -2.21. The van der Waals surface area contributed by atoms with Crippen molar-refractivity contribution in [2.24, 2.45) is 0 Å². The van der Waals surface area contributed by atoms with E-state index < -0.39 is 0 Å². The fourth-order valence-corrected chi connectivity index (χ4v) is 1.84. The standard InChI is InChI=1S/C14H24N4O/c1-5-18(11-7-10-17(3)4)14(19)12-8-6-9-13(15-2)16-12/h6,8-9H,5,7,10-11H2,1-4H3,(H,15,16). The Morgan fingerprint density at radius 1 is 1.32 bits per heavy atom. The topological polar surface area (TPSA) is 48.5 Å². The SMILES string of the molecule is CCN(CCCN(C)C)C(=O)c1cccc(NC)n1. The van der Waals surface area contributed by atoms with Crippen LogP contribution >= 0.6 is 0 Å². The molecule has 106 valence electrons. The van der Waals surface area contributed by atoms with Crippen LogP contribution in [0.1, 0.15) is 23.8 Å². The number of rotatable bonds is 7. The molecule has 0 aromatic carbocycles. The molecule has 0 unspecified atom stereocenters. The molecule has 0 aliphatic carbocycles. The molecule has 0 aliphatic heterocycles. The molecule has 1 N–H and O–H groups in total. The summed E-state index contributed by atoms with van der Waals surface area (Å²) in [5.74, 6) is 0.716. The van der Waals surface area contributed by atoms with Crippen LogP contribution in [0.25, 0.3) is 0 Å². The molecule has 5 heteroatoms. The van der Waals surface area contributed by atoms with Crippen molar-refractivity contribution in [1.29, 1.82) is 0 Å². The van der Waals surface area contributed by atoms with Gasteiger partial charge in [-0.15, -0.1) is 0 Å². The Labute approximate surface area is 115 Å². The van der Waals surface area contributed by atoms with Gasteiger partial charge in [0.15, 0.2) is 0 Å². The molecule has 5 nitrogen and oxygen atoms in total. The van der Waals surface area contributed by atoms with Crippen molar-refractivity contribution in [1.82, 2.24) is 14.8 Å². The summed E-state index contributed by atoms with van der Waals surface area (Å²) in [5.41, 5.74) is 0.499. The van der Waals surface area contributed by atoms with E-state index in [1.165, 1.54) is 0 Å². The molecule has 1 heterocycles. The molecule has 0 atom stereocenters. The zero-order chi connectivity index (χ0) is 14.3. The van der Waals surface area contributed by atoms with Crippen LogP contribution in [0.15, 0.2) is 18.2 Å². The van der Waals surface area contributed by atoms with E-state index in [9.17, 15) is 4.79 Å². The first-order valence-corrected chi connectivity index (χ1v) is 6.67. The van der Waals surface area contributed by atoms with Gasteiger partial charge in [0.25, 0.3) is 5.91 Å². The van der Waals surface area contributed by atoms with Crippen molar-refractivity contribution in [3.63, 3.8) is 0 Å². The van der Waals surface area contributed by atoms with Crippen molar-refractivity contribution in [3.05, 3.63) is 23.9 Å². The second-order valence-corrected chi connectivity index (χ2v) is 4.70. The fraction of sp³-hybridized carbons (Fsp3) is 0.571. The summed E-state index contributed by atoms with van der Waals surface area (Å²) < 4.78 is 0. The van der Waals surface area contributed by atoms with Crippen molar-refractivity contribution < 1.29 is 4.79 Å². The van der Waals surface area contributed by atoms with Gasteiger partial charge in [-0.05, 0) is 46.1 Å². The second-order valence-electron chi connectivity index (χ2n) is 4.70. The number of nitrogens with zero attached hydrogens (tertiary/aromatic N) is 3. The Morgan fingerprint density at radius 2 is 2.05 bits per heavy atom. The van der Waals surface area contributed by atoms with Gasteiger partial charge in [0, 0.05) is 20.1 Å². The van der Waals surface area contributed by atoms with Gasteiger partial charge >= 0.3 is 0 Å². The Hall–Kier alpha value is -1.62. The smallest absolute Gasteiger partial charge is 0.272 e. The molecule has 0 aliphatic rings. The number of anilines is 1. The monoisotopic (exact) mass is 264 g/mol.